The zero-order valence-electron chi connectivity index (χ0n) is 11.2. The minimum absolute atomic E-state index is 0.0869. The molecule has 2 aromatic rings. The summed E-state index contributed by atoms with van der Waals surface area (Å²) in [6.45, 7) is 6.14. The second kappa shape index (κ2) is 5.60. The van der Waals surface area contributed by atoms with Gasteiger partial charge in [-0.05, 0) is 41.5 Å². The maximum Gasteiger partial charge on any atom is 0.251 e. The standard InChI is InChI=1S/C13H17N5O/c1-9(2)10(3)15-13(19)11-5-4-6-12(7-11)18-8-14-16-17-18/h4-10H,1-3H3,(H,15,19). The summed E-state index contributed by atoms with van der Waals surface area (Å²) in [6, 6.07) is 7.32. The molecule has 0 saturated carbocycles. The van der Waals surface area contributed by atoms with E-state index in [0.717, 1.165) is 5.69 Å². The van der Waals surface area contributed by atoms with E-state index in [4.69, 9.17) is 0 Å². The Labute approximate surface area is 111 Å². The Kier molecular flexibility index (Phi) is 3.89. The van der Waals surface area contributed by atoms with Crippen LogP contribution < -0.4 is 5.32 Å². The molecule has 1 heterocycles. The molecule has 0 bridgehead atoms. The lowest BCUT2D eigenvalue weighted by atomic mass is 10.1. The van der Waals surface area contributed by atoms with Gasteiger partial charge in [-0.1, -0.05) is 19.9 Å². The third-order valence-electron chi connectivity index (χ3n) is 3.08. The van der Waals surface area contributed by atoms with Crippen molar-refractivity contribution in [1.29, 1.82) is 0 Å². The largest absolute Gasteiger partial charge is 0.349 e. The molecule has 1 aromatic heterocycles. The lowest BCUT2D eigenvalue weighted by molar-refractivity contribution is 0.0930. The van der Waals surface area contributed by atoms with Gasteiger partial charge in [0.2, 0.25) is 0 Å². The van der Waals surface area contributed by atoms with Gasteiger partial charge in [0.15, 0.2) is 0 Å². The number of rotatable bonds is 4. The number of aromatic nitrogens is 4. The number of tetrazole rings is 1. The normalized spacial score (nSPS) is 12.4. The van der Waals surface area contributed by atoms with E-state index in [1.165, 1.54) is 11.0 Å². The van der Waals surface area contributed by atoms with Gasteiger partial charge in [0.25, 0.3) is 5.91 Å². The predicted molar refractivity (Wildman–Crippen MR) is 70.9 cm³/mol. The van der Waals surface area contributed by atoms with Crippen LogP contribution in [-0.2, 0) is 0 Å². The van der Waals surface area contributed by atoms with Crippen molar-refractivity contribution in [2.75, 3.05) is 0 Å². The van der Waals surface area contributed by atoms with Gasteiger partial charge < -0.3 is 5.32 Å². The molecular weight excluding hydrogens is 242 g/mol. The van der Waals surface area contributed by atoms with E-state index in [2.05, 4.69) is 34.7 Å². The van der Waals surface area contributed by atoms with Crippen molar-refractivity contribution in [3.63, 3.8) is 0 Å². The van der Waals surface area contributed by atoms with Crippen molar-refractivity contribution in [2.24, 2.45) is 5.92 Å². The monoisotopic (exact) mass is 259 g/mol. The van der Waals surface area contributed by atoms with Crippen molar-refractivity contribution in [1.82, 2.24) is 25.5 Å². The molecule has 1 unspecified atom stereocenters. The van der Waals surface area contributed by atoms with Crippen LogP contribution in [0.1, 0.15) is 31.1 Å². The number of hydrogen-bond donors (Lipinski definition) is 1. The number of carbonyl (C=O) groups excluding carboxylic acids is 1. The van der Waals surface area contributed by atoms with Gasteiger partial charge in [0, 0.05) is 11.6 Å². The molecule has 0 aliphatic heterocycles. The van der Waals surface area contributed by atoms with Gasteiger partial charge in [-0.2, -0.15) is 0 Å². The first-order valence-corrected chi connectivity index (χ1v) is 6.22. The molecule has 100 valence electrons. The lowest BCUT2D eigenvalue weighted by Crippen LogP contribution is -2.36. The van der Waals surface area contributed by atoms with Crippen LogP contribution in [0.4, 0.5) is 0 Å². The van der Waals surface area contributed by atoms with Crippen LogP contribution in [0.25, 0.3) is 5.69 Å². The lowest BCUT2D eigenvalue weighted by Gasteiger charge is -2.17. The van der Waals surface area contributed by atoms with Gasteiger partial charge in [-0.3, -0.25) is 4.79 Å². The Balaban J connectivity index is 2.17. The smallest absolute Gasteiger partial charge is 0.251 e. The Morgan fingerprint density at radius 2 is 2.11 bits per heavy atom. The number of nitrogens with one attached hydrogen (secondary N) is 1. The summed E-state index contributed by atoms with van der Waals surface area (Å²) in [7, 11) is 0. The Morgan fingerprint density at radius 1 is 1.32 bits per heavy atom. The molecule has 0 fully saturated rings. The maximum absolute atomic E-state index is 12.1. The molecule has 0 aliphatic rings. The highest BCUT2D eigenvalue weighted by molar-refractivity contribution is 5.94. The topological polar surface area (TPSA) is 72.7 Å². The summed E-state index contributed by atoms with van der Waals surface area (Å²) in [5.74, 6) is 0.308. The Bertz CT molecular complexity index is 550. The number of nitrogens with zero attached hydrogens (tertiary/aromatic N) is 4. The number of benzene rings is 1. The van der Waals surface area contributed by atoms with E-state index in [-0.39, 0.29) is 11.9 Å². The Morgan fingerprint density at radius 3 is 2.74 bits per heavy atom. The summed E-state index contributed by atoms with van der Waals surface area (Å²) in [5, 5.41) is 13.9. The molecule has 0 radical (unpaired) electrons. The molecule has 6 heteroatoms. The molecule has 0 spiro atoms. The zero-order valence-corrected chi connectivity index (χ0v) is 11.2. The molecule has 1 atom stereocenters. The minimum atomic E-state index is -0.0869. The first kappa shape index (κ1) is 13.2. The number of amides is 1. The van der Waals surface area contributed by atoms with Crippen LogP contribution in [0.3, 0.4) is 0 Å². The van der Waals surface area contributed by atoms with Crippen molar-refractivity contribution >= 4 is 5.91 Å². The van der Waals surface area contributed by atoms with Gasteiger partial charge in [-0.25, -0.2) is 4.68 Å². The summed E-state index contributed by atoms with van der Waals surface area (Å²) >= 11 is 0. The quantitative estimate of drug-likeness (QED) is 0.901. The van der Waals surface area contributed by atoms with Crippen LogP contribution >= 0.6 is 0 Å². The molecule has 2 rings (SSSR count). The van der Waals surface area contributed by atoms with Crippen LogP contribution in [-0.4, -0.2) is 32.2 Å². The minimum Gasteiger partial charge on any atom is -0.349 e. The van der Waals surface area contributed by atoms with Crippen molar-refractivity contribution in [3.8, 4) is 5.69 Å². The van der Waals surface area contributed by atoms with Gasteiger partial charge in [-0.15, -0.1) is 5.10 Å². The van der Waals surface area contributed by atoms with Crippen LogP contribution in [0, 0.1) is 5.92 Å². The highest BCUT2D eigenvalue weighted by Gasteiger charge is 2.13. The van der Waals surface area contributed by atoms with E-state index in [0.29, 0.717) is 11.5 Å². The number of carbonyl (C=O) groups is 1. The summed E-state index contributed by atoms with van der Waals surface area (Å²) in [6.07, 6.45) is 1.49. The molecule has 6 nitrogen and oxygen atoms in total. The molecular formula is C13H17N5O. The summed E-state index contributed by atoms with van der Waals surface area (Å²) in [4.78, 5) is 12.1. The van der Waals surface area contributed by atoms with Crippen LogP contribution in [0.2, 0.25) is 0 Å². The molecule has 19 heavy (non-hydrogen) atoms. The first-order chi connectivity index (χ1) is 9.08. The van der Waals surface area contributed by atoms with Crippen molar-refractivity contribution in [2.45, 2.75) is 26.8 Å². The van der Waals surface area contributed by atoms with E-state index < -0.39 is 0 Å². The van der Waals surface area contributed by atoms with Crippen LogP contribution in [0.5, 0.6) is 0 Å². The van der Waals surface area contributed by atoms with Gasteiger partial charge in [0.05, 0.1) is 5.69 Å². The SMILES string of the molecule is CC(C)C(C)NC(=O)c1cccc(-n2cnnn2)c1. The molecule has 1 amide bonds. The second-order valence-corrected chi connectivity index (χ2v) is 4.81. The first-order valence-electron chi connectivity index (χ1n) is 6.22. The fourth-order valence-electron chi connectivity index (χ4n) is 1.53. The van der Waals surface area contributed by atoms with E-state index in [9.17, 15) is 4.79 Å². The van der Waals surface area contributed by atoms with E-state index >= 15 is 0 Å². The molecule has 1 N–H and O–H groups in total. The fourth-order valence-corrected chi connectivity index (χ4v) is 1.53. The van der Waals surface area contributed by atoms with E-state index in [1.807, 2.05) is 19.1 Å². The van der Waals surface area contributed by atoms with Crippen LogP contribution in [0.15, 0.2) is 30.6 Å². The van der Waals surface area contributed by atoms with Gasteiger partial charge >= 0.3 is 0 Å². The highest BCUT2D eigenvalue weighted by Crippen LogP contribution is 2.10. The Hall–Kier alpha value is -2.24. The zero-order chi connectivity index (χ0) is 13.8. The van der Waals surface area contributed by atoms with Crippen molar-refractivity contribution in [3.05, 3.63) is 36.2 Å². The third kappa shape index (κ3) is 3.15. The molecule has 1 aromatic carbocycles. The summed E-state index contributed by atoms with van der Waals surface area (Å²) < 4.78 is 1.52. The molecule has 0 saturated heterocycles. The second-order valence-electron chi connectivity index (χ2n) is 4.81. The van der Waals surface area contributed by atoms with E-state index in [1.54, 1.807) is 12.1 Å². The third-order valence-corrected chi connectivity index (χ3v) is 3.08. The number of hydrogen-bond acceptors (Lipinski definition) is 4. The predicted octanol–water partition coefficient (Wildman–Crippen LogP) is 1.44. The van der Waals surface area contributed by atoms with Crippen molar-refractivity contribution < 1.29 is 4.79 Å². The van der Waals surface area contributed by atoms with Gasteiger partial charge in [0.1, 0.15) is 6.33 Å². The summed E-state index contributed by atoms with van der Waals surface area (Å²) in [5.41, 5.74) is 1.36. The highest BCUT2D eigenvalue weighted by atomic mass is 16.1. The maximum atomic E-state index is 12.1. The fraction of sp³-hybridized carbons (Fsp3) is 0.385. The average Bonchev–Trinajstić information content (AvgIpc) is 2.92. The molecule has 0 aliphatic carbocycles. The average molecular weight is 259 g/mol.